The fourth-order valence-corrected chi connectivity index (χ4v) is 2.38. The van der Waals surface area contributed by atoms with Crippen LogP contribution < -0.4 is 0 Å². The third-order valence-corrected chi connectivity index (χ3v) is 3.08. The maximum absolute atomic E-state index is 11.2. The van der Waals surface area contributed by atoms with Gasteiger partial charge in [-0.25, -0.2) is 0 Å². The Bertz CT molecular complexity index is 258. The molecule has 0 bridgehead atoms. The highest BCUT2D eigenvalue weighted by Crippen LogP contribution is 2.33. The van der Waals surface area contributed by atoms with Crippen LogP contribution >= 0.6 is 0 Å². The number of aliphatic hydroxyl groups is 1. The molecule has 0 amide bonds. The Balaban J connectivity index is 2.92. The number of hydrogen-bond donors (Lipinski definition) is 2. The van der Waals surface area contributed by atoms with Crippen molar-refractivity contribution in [3.05, 3.63) is 12.2 Å². The predicted molar refractivity (Wildman–Crippen MR) is 58.5 cm³/mol. The molecule has 1 rings (SSSR count). The number of allylic oxidation sites excluding steroid dienone is 1. The largest absolute Gasteiger partial charge is 0.481 e. The lowest BCUT2D eigenvalue weighted by molar-refractivity contribution is -0.152. The second-order valence-corrected chi connectivity index (χ2v) is 4.70. The normalized spacial score (nSPS) is 28.8. The minimum atomic E-state index is -1.16. The number of carboxylic acids is 1. The molecule has 0 heterocycles. The molecule has 2 atom stereocenters. The zero-order valence-electron chi connectivity index (χ0n) is 9.44. The van der Waals surface area contributed by atoms with Gasteiger partial charge in [0.25, 0.3) is 0 Å². The summed E-state index contributed by atoms with van der Waals surface area (Å²) in [4.78, 5) is 11.2. The standard InChI is InChI=1S/C12H20O3/c1-9(2)10(11(13)14)12(15)7-5-3-4-6-8-12/h5,7,9-10,15H,3-4,6,8H2,1-2H3,(H,13,14). The summed E-state index contributed by atoms with van der Waals surface area (Å²) in [5.74, 6) is -1.67. The van der Waals surface area contributed by atoms with Gasteiger partial charge in [0.2, 0.25) is 0 Å². The van der Waals surface area contributed by atoms with Crippen molar-refractivity contribution in [3.8, 4) is 0 Å². The van der Waals surface area contributed by atoms with Crippen LogP contribution in [0.2, 0.25) is 0 Å². The fraction of sp³-hybridized carbons (Fsp3) is 0.750. The van der Waals surface area contributed by atoms with E-state index in [0.717, 1.165) is 19.3 Å². The molecule has 3 heteroatoms. The van der Waals surface area contributed by atoms with Crippen molar-refractivity contribution >= 4 is 5.97 Å². The van der Waals surface area contributed by atoms with Crippen molar-refractivity contribution in [2.24, 2.45) is 11.8 Å². The van der Waals surface area contributed by atoms with E-state index in [1.54, 1.807) is 6.08 Å². The summed E-state index contributed by atoms with van der Waals surface area (Å²) in [6, 6.07) is 0. The van der Waals surface area contributed by atoms with Crippen molar-refractivity contribution in [1.82, 2.24) is 0 Å². The van der Waals surface area contributed by atoms with Gasteiger partial charge in [-0.1, -0.05) is 26.0 Å². The summed E-state index contributed by atoms with van der Waals surface area (Å²) in [5, 5.41) is 19.5. The van der Waals surface area contributed by atoms with Crippen LogP contribution in [0.4, 0.5) is 0 Å². The van der Waals surface area contributed by atoms with Crippen LogP contribution in [0.3, 0.4) is 0 Å². The van der Waals surface area contributed by atoms with Crippen LogP contribution in [-0.2, 0) is 4.79 Å². The Labute approximate surface area is 90.8 Å². The molecule has 0 aromatic rings. The Morgan fingerprint density at radius 2 is 2.07 bits per heavy atom. The summed E-state index contributed by atoms with van der Waals surface area (Å²) >= 11 is 0. The van der Waals surface area contributed by atoms with Gasteiger partial charge >= 0.3 is 5.97 Å². The maximum atomic E-state index is 11.2. The van der Waals surface area contributed by atoms with E-state index in [1.807, 2.05) is 19.9 Å². The van der Waals surface area contributed by atoms with Crippen LogP contribution in [0.5, 0.6) is 0 Å². The number of carbonyl (C=O) groups is 1. The molecule has 0 saturated heterocycles. The molecule has 15 heavy (non-hydrogen) atoms. The Morgan fingerprint density at radius 3 is 2.60 bits per heavy atom. The van der Waals surface area contributed by atoms with Gasteiger partial charge < -0.3 is 10.2 Å². The van der Waals surface area contributed by atoms with E-state index in [2.05, 4.69) is 0 Å². The van der Waals surface area contributed by atoms with Gasteiger partial charge in [-0.2, -0.15) is 0 Å². The van der Waals surface area contributed by atoms with Gasteiger partial charge in [-0.3, -0.25) is 4.79 Å². The van der Waals surface area contributed by atoms with E-state index in [4.69, 9.17) is 5.11 Å². The first-order chi connectivity index (χ1) is 6.97. The van der Waals surface area contributed by atoms with Crippen LogP contribution in [-0.4, -0.2) is 21.8 Å². The lowest BCUT2D eigenvalue weighted by Gasteiger charge is -2.33. The molecule has 0 saturated carbocycles. The van der Waals surface area contributed by atoms with E-state index in [9.17, 15) is 9.90 Å². The van der Waals surface area contributed by atoms with Gasteiger partial charge in [0.1, 0.15) is 0 Å². The molecule has 3 nitrogen and oxygen atoms in total. The molecule has 1 aliphatic carbocycles. The van der Waals surface area contributed by atoms with E-state index in [-0.39, 0.29) is 5.92 Å². The molecule has 2 unspecified atom stereocenters. The van der Waals surface area contributed by atoms with Crippen LogP contribution in [0, 0.1) is 11.8 Å². The highest BCUT2D eigenvalue weighted by molar-refractivity contribution is 5.72. The molecule has 0 aliphatic heterocycles. The van der Waals surface area contributed by atoms with E-state index >= 15 is 0 Å². The monoisotopic (exact) mass is 212 g/mol. The number of rotatable bonds is 3. The summed E-state index contributed by atoms with van der Waals surface area (Å²) in [6.45, 7) is 3.69. The molecule has 2 N–H and O–H groups in total. The zero-order chi connectivity index (χ0) is 11.5. The summed E-state index contributed by atoms with van der Waals surface area (Å²) < 4.78 is 0. The molecule has 86 valence electrons. The van der Waals surface area contributed by atoms with Gasteiger partial charge in [-0.05, 0) is 31.6 Å². The van der Waals surface area contributed by atoms with Gasteiger partial charge in [0.05, 0.1) is 11.5 Å². The molecule has 0 aromatic carbocycles. The minimum Gasteiger partial charge on any atom is -0.481 e. The summed E-state index contributed by atoms with van der Waals surface area (Å²) in [6.07, 6.45) is 7.01. The average Bonchev–Trinajstić information content (AvgIpc) is 2.28. The Hall–Kier alpha value is -0.830. The number of carboxylic acid groups (broad SMARTS) is 1. The number of aliphatic carboxylic acids is 1. The van der Waals surface area contributed by atoms with Crippen LogP contribution in [0.25, 0.3) is 0 Å². The molecule has 0 spiro atoms. The molecular formula is C12H20O3. The lowest BCUT2D eigenvalue weighted by Crippen LogP contribution is -2.43. The third-order valence-electron chi connectivity index (χ3n) is 3.08. The van der Waals surface area contributed by atoms with Crippen LogP contribution in [0.15, 0.2) is 12.2 Å². The quantitative estimate of drug-likeness (QED) is 0.705. The van der Waals surface area contributed by atoms with Gasteiger partial charge in [0.15, 0.2) is 0 Å². The first kappa shape index (κ1) is 12.2. The topological polar surface area (TPSA) is 57.5 Å². The molecule has 1 aliphatic rings. The van der Waals surface area contributed by atoms with Crippen molar-refractivity contribution < 1.29 is 15.0 Å². The fourth-order valence-electron chi connectivity index (χ4n) is 2.38. The summed E-state index contributed by atoms with van der Waals surface area (Å²) in [5.41, 5.74) is -1.16. The zero-order valence-corrected chi connectivity index (χ0v) is 9.44. The molecule has 0 aromatic heterocycles. The van der Waals surface area contributed by atoms with E-state index < -0.39 is 17.5 Å². The first-order valence-electron chi connectivity index (χ1n) is 5.60. The predicted octanol–water partition coefficient (Wildman–Crippen LogP) is 2.20. The second-order valence-electron chi connectivity index (χ2n) is 4.70. The Morgan fingerprint density at radius 1 is 1.40 bits per heavy atom. The van der Waals surface area contributed by atoms with Gasteiger partial charge in [0, 0.05) is 0 Å². The summed E-state index contributed by atoms with van der Waals surface area (Å²) in [7, 11) is 0. The lowest BCUT2D eigenvalue weighted by atomic mass is 9.77. The van der Waals surface area contributed by atoms with E-state index in [0.29, 0.717) is 6.42 Å². The number of hydrogen-bond acceptors (Lipinski definition) is 2. The molecule has 0 fully saturated rings. The highest BCUT2D eigenvalue weighted by atomic mass is 16.4. The van der Waals surface area contributed by atoms with Crippen molar-refractivity contribution in [2.75, 3.05) is 0 Å². The molecule has 0 radical (unpaired) electrons. The first-order valence-corrected chi connectivity index (χ1v) is 5.60. The van der Waals surface area contributed by atoms with E-state index in [1.165, 1.54) is 0 Å². The average molecular weight is 212 g/mol. The smallest absolute Gasteiger partial charge is 0.310 e. The maximum Gasteiger partial charge on any atom is 0.310 e. The SMILES string of the molecule is CC(C)C(C(=O)O)C1(O)C=CCCCC1. The highest BCUT2D eigenvalue weighted by Gasteiger charge is 2.41. The third kappa shape index (κ3) is 2.81. The van der Waals surface area contributed by atoms with Crippen molar-refractivity contribution in [2.45, 2.75) is 45.1 Å². The molecular weight excluding hydrogens is 192 g/mol. The minimum absolute atomic E-state index is 0.0600. The van der Waals surface area contributed by atoms with Crippen LogP contribution in [0.1, 0.15) is 39.5 Å². The van der Waals surface area contributed by atoms with Crippen molar-refractivity contribution in [1.29, 1.82) is 0 Å². The Kier molecular flexibility index (Phi) is 3.91. The van der Waals surface area contributed by atoms with Crippen molar-refractivity contribution in [3.63, 3.8) is 0 Å². The second kappa shape index (κ2) is 4.79. The van der Waals surface area contributed by atoms with Gasteiger partial charge in [-0.15, -0.1) is 0 Å².